The molecule has 0 saturated carbocycles. The summed E-state index contributed by atoms with van der Waals surface area (Å²) < 4.78 is 5.38. The Labute approximate surface area is 119 Å². The molecule has 1 aliphatic heterocycles. The fraction of sp³-hybridized carbons (Fsp3) is 0.438. The Morgan fingerprint density at radius 2 is 2.10 bits per heavy atom. The summed E-state index contributed by atoms with van der Waals surface area (Å²) in [6.07, 6.45) is 3.17. The van der Waals surface area contributed by atoms with E-state index in [4.69, 9.17) is 4.74 Å². The normalized spacial score (nSPS) is 22.4. The van der Waals surface area contributed by atoms with E-state index < -0.39 is 0 Å². The number of hydrogen-bond acceptors (Lipinski definition) is 3. The van der Waals surface area contributed by atoms with Crippen LogP contribution in [-0.2, 0) is 4.74 Å². The number of hydrogen-bond donors (Lipinski definition) is 2. The van der Waals surface area contributed by atoms with Crippen LogP contribution in [0.25, 0.3) is 11.3 Å². The van der Waals surface area contributed by atoms with Crippen LogP contribution < -0.4 is 5.32 Å². The Bertz CT molecular complexity index is 606. The van der Waals surface area contributed by atoms with Gasteiger partial charge in [-0.1, -0.05) is 12.1 Å². The van der Waals surface area contributed by atoms with Crippen LogP contribution in [0.5, 0.6) is 0 Å². The zero-order valence-electron chi connectivity index (χ0n) is 12.2. The van der Waals surface area contributed by atoms with Crippen LogP contribution in [-0.4, -0.2) is 29.7 Å². The Kier molecular flexibility index (Phi) is 3.59. The first kappa shape index (κ1) is 13.3. The van der Waals surface area contributed by atoms with Crippen molar-refractivity contribution in [2.24, 2.45) is 0 Å². The number of aryl methyl sites for hydroxylation is 2. The molecule has 4 heteroatoms. The van der Waals surface area contributed by atoms with Gasteiger partial charge in [0, 0.05) is 13.7 Å². The minimum absolute atomic E-state index is 0.264. The average Bonchev–Trinajstić information content (AvgIpc) is 3.09. The van der Waals surface area contributed by atoms with Crippen LogP contribution >= 0.6 is 0 Å². The second-order valence-corrected chi connectivity index (χ2v) is 5.54. The van der Waals surface area contributed by atoms with E-state index in [1.807, 2.05) is 6.20 Å². The molecule has 0 spiro atoms. The third-order valence-corrected chi connectivity index (χ3v) is 4.17. The maximum Gasteiger partial charge on any atom is 0.123 e. The summed E-state index contributed by atoms with van der Waals surface area (Å²) in [6, 6.07) is 6.76. The fourth-order valence-corrected chi connectivity index (χ4v) is 2.66. The van der Waals surface area contributed by atoms with Gasteiger partial charge in [-0.25, -0.2) is 4.98 Å². The van der Waals surface area contributed by atoms with Crippen LogP contribution in [0.4, 0.5) is 0 Å². The molecule has 2 N–H and O–H groups in total. The number of methoxy groups -OCH3 is 1. The third kappa shape index (κ3) is 2.49. The summed E-state index contributed by atoms with van der Waals surface area (Å²) in [5.41, 5.74) is 4.88. The lowest BCUT2D eigenvalue weighted by Gasteiger charge is -2.07. The molecule has 2 heterocycles. The van der Waals surface area contributed by atoms with Crippen LogP contribution in [0, 0.1) is 13.8 Å². The molecular formula is C16H21N3O. The smallest absolute Gasteiger partial charge is 0.123 e. The molecule has 0 amide bonds. The van der Waals surface area contributed by atoms with Crippen LogP contribution in [0.15, 0.2) is 24.4 Å². The Balaban J connectivity index is 1.81. The van der Waals surface area contributed by atoms with Crippen molar-refractivity contribution in [1.82, 2.24) is 15.3 Å². The van der Waals surface area contributed by atoms with Gasteiger partial charge in [0.2, 0.25) is 0 Å². The second-order valence-electron chi connectivity index (χ2n) is 5.54. The number of H-pyrrole nitrogens is 1. The van der Waals surface area contributed by atoms with Gasteiger partial charge in [0.1, 0.15) is 5.82 Å². The third-order valence-electron chi connectivity index (χ3n) is 4.17. The summed E-state index contributed by atoms with van der Waals surface area (Å²) in [6.45, 7) is 5.16. The summed E-state index contributed by atoms with van der Waals surface area (Å²) in [5.74, 6) is 0.998. The number of aromatic nitrogens is 2. The minimum Gasteiger partial charge on any atom is -0.380 e. The lowest BCUT2D eigenvalue weighted by atomic mass is 10.0. The zero-order chi connectivity index (χ0) is 14.1. The van der Waals surface area contributed by atoms with Gasteiger partial charge < -0.3 is 15.0 Å². The van der Waals surface area contributed by atoms with Gasteiger partial charge in [0.25, 0.3) is 0 Å². The highest BCUT2D eigenvalue weighted by molar-refractivity contribution is 5.60. The van der Waals surface area contributed by atoms with E-state index in [-0.39, 0.29) is 12.1 Å². The number of rotatable bonds is 3. The van der Waals surface area contributed by atoms with E-state index in [0.29, 0.717) is 0 Å². The van der Waals surface area contributed by atoms with E-state index in [2.05, 4.69) is 47.3 Å². The molecule has 1 saturated heterocycles. The molecule has 1 fully saturated rings. The molecule has 0 radical (unpaired) electrons. The zero-order valence-corrected chi connectivity index (χ0v) is 12.2. The molecule has 2 unspecified atom stereocenters. The van der Waals surface area contributed by atoms with Crippen molar-refractivity contribution in [1.29, 1.82) is 0 Å². The molecule has 2 atom stereocenters. The average molecular weight is 271 g/mol. The molecule has 0 bridgehead atoms. The van der Waals surface area contributed by atoms with Gasteiger partial charge in [0.15, 0.2) is 0 Å². The van der Waals surface area contributed by atoms with Gasteiger partial charge in [0.05, 0.1) is 24.0 Å². The maximum absolute atomic E-state index is 5.38. The fourth-order valence-electron chi connectivity index (χ4n) is 2.66. The van der Waals surface area contributed by atoms with Gasteiger partial charge in [-0.05, 0) is 43.0 Å². The van der Waals surface area contributed by atoms with E-state index in [1.165, 1.54) is 16.7 Å². The summed E-state index contributed by atoms with van der Waals surface area (Å²) in [7, 11) is 1.76. The topological polar surface area (TPSA) is 49.9 Å². The van der Waals surface area contributed by atoms with Crippen LogP contribution in [0.2, 0.25) is 0 Å². The van der Waals surface area contributed by atoms with Gasteiger partial charge >= 0.3 is 0 Å². The largest absolute Gasteiger partial charge is 0.380 e. The molecule has 20 heavy (non-hydrogen) atoms. The highest BCUT2D eigenvalue weighted by atomic mass is 16.5. The monoisotopic (exact) mass is 271 g/mol. The summed E-state index contributed by atoms with van der Waals surface area (Å²) in [4.78, 5) is 7.96. The molecule has 1 aliphatic rings. The molecule has 3 rings (SSSR count). The van der Waals surface area contributed by atoms with E-state index in [9.17, 15) is 0 Å². The first-order chi connectivity index (χ1) is 9.67. The van der Waals surface area contributed by atoms with Crippen molar-refractivity contribution < 1.29 is 4.74 Å². The van der Waals surface area contributed by atoms with Crippen molar-refractivity contribution in [3.05, 3.63) is 41.3 Å². The summed E-state index contributed by atoms with van der Waals surface area (Å²) >= 11 is 0. The second kappa shape index (κ2) is 5.38. The number of imidazole rings is 1. The standard InChI is InChI=1S/C16H21N3O/c1-10-4-5-12(6-11(10)2)15-9-18-16(19-15)14-7-13(20-3)8-17-14/h4-6,9,13-14,17H,7-8H2,1-3H3,(H,18,19). The lowest BCUT2D eigenvalue weighted by Crippen LogP contribution is -2.16. The molecule has 0 aliphatic carbocycles. The van der Waals surface area contributed by atoms with Crippen molar-refractivity contribution in [2.75, 3.05) is 13.7 Å². The van der Waals surface area contributed by atoms with Crippen molar-refractivity contribution in [2.45, 2.75) is 32.4 Å². The Hall–Kier alpha value is -1.65. The molecule has 1 aromatic carbocycles. The van der Waals surface area contributed by atoms with E-state index in [1.54, 1.807) is 7.11 Å². The Morgan fingerprint density at radius 3 is 2.80 bits per heavy atom. The maximum atomic E-state index is 5.38. The highest BCUT2D eigenvalue weighted by Gasteiger charge is 2.27. The lowest BCUT2D eigenvalue weighted by molar-refractivity contribution is 0.117. The number of nitrogens with one attached hydrogen (secondary N) is 2. The first-order valence-corrected chi connectivity index (χ1v) is 7.06. The predicted octanol–water partition coefficient (Wildman–Crippen LogP) is 2.74. The SMILES string of the molecule is COC1CNC(c2ncc(-c3ccc(C)c(C)c3)[nH]2)C1. The van der Waals surface area contributed by atoms with Crippen molar-refractivity contribution in [3.63, 3.8) is 0 Å². The highest BCUT2D eigenvalue weighted by Crippen LogP contribution is 2.26. The molecule has 1 aromatic heterocycles. The van der Waals surface area contributed by atoms with Gasteiger partial charge in [-0.2, -0.15) is 0 Å². The molecular weight excluding hydrogens is 250 g/mol. The number of aromatic amines is 1. The van der Waals surface area contributed by atoms with E-state index in [0.717, 1.165) is 24.5 Å². The minimum atomic E-state index is 0.264. The number of ether oxygens (including phenoxy) is 1. The quantitative estimate of drug-likeness (QED) is 0.902. The number of benzene rings is 1. The number of nitrogens with zero attached hydrogens (tertiary/aromatic N) is 1. The van der Waals surface area contributed by atoms with E-state index >= 15 is 0 Å². The molecule has 4 nitrogen and oxygen atoms in total. The predicted molar refractivity (Wildman–Crippen MR) is 79.7 cm³/mol. The Morgan fingerprint density at radius 1 is 1.25 bits per heavy atom. The molecule has 2 aromatic rings. The summed E-state index contributed by atoms with van der Waals surface area (Å²) in [5, 5.41) is 3.44. The van der Waals surface area contributed by atoms with Gasteiger partial charge in [-0.3, -0.25) is 0 Å². The molecule has 106 valence electrons. The van der Waals surface area contributed by atoms with Crippen LogP contribution in [0.1, 0.15) is 29.4 Å². The van der Waals surface area contributed by atoms with Crippen molar-refractivity contribution in [3.8, 4) is 11.3 Å². The van der Waals surface area contributed by atoms with Crippen LogP contribution in [0.3, 0.4) is 0 Å². The van der Waals surface area contributed by atoms with Gasteiger partial charge in [-0.15, -0.1) is 0 Å². The first-order valence-electron chi connectivity index (χ1n) is 7.06. The van der Waals surface area contributed by atoms with Crippen molar-refractivity contribution >= 4 is 0 Å².